The Hall–Kier alpha value is -0.0800. The number of ether oxygens (including phenoxy) is 1. The maximum absolute atomic E-state index is 9.85. The molecule has 0 aromatic carbocycles. The standard InChI is InChI=1S/C15H29N3O2.HI/c1-15(2)12(8-13(15)20-4)18-14(16-3)17-9-10-6-5-7-11(10)19;/h10-13,19H,5-9H2,1-4H3,(H2,16,17,18);1H. The van der Waals surface area contributed by atoms with Crippen LogP contribution in [0.4, 0.5) is 0 Å². The predicted octanol–water partition coefficient (Wildman–Crippen LogP) is 1.74. The molecule has 0 spiro atoms. The van der Waals surface area contributed by atoms with E-state index in [0.29, 0.717) is 18.1 Å². The number of hydrogen-bond acceptors (Lipinski definition) is 3. The number of hydrogen-bond donors (Lipinski definition) is 3. The van der Waals surface area contributed by atoms with E-state index in [1.165, 1.54) is 0 Å². The molecular formula is C15H30IN3O2. The largest absolute Gasteiger partial charge is 0.393 e. The van der Waals surface area contributed by atoms with Crippen LogP contribution >= 0.6 is 24.0 Å². The molecule has 4 atom stereocenters. The Morgan fingerprint density at radius 3 is 2.57 bits per heavy atom. The second kappa shape index (κ2) is 7.97. The molecule has 0 bridgehead atoms. The van der Waals surface area contributed by atoms with E-state index in [1.54, 1.807) is 14.2 Å². The second-order valence-corrected chi connectivity index (χ2v) is 6.69. The summed E-state index contributed by atoms with van der Waals surface area (Å²) in [5, 5.41) is 16.7. The summed E-state index contributed by atoms with van der Waals surface area (Å²) in [4.78, 5) is 4.28. The molecule has 6 heteroatoms. The summed E-state index contributed by atoms with van der Waals surface area (Å²) in [6.07, 6.45) is 4.34. The lowest BCUT2D eigenvalue weighted by Gasteiger charge is -2.51. The van der Waals surface area contributed by atoms with Crippen molar-refractivity contribution in [3.63, 3.8) is 0 Å². The molecule has 0 amide bonds. The SMILES string of the molecule is CN=C(NCC1CCCC1O)NC1CC(OC)C1(C)C.I. The summed E-state index contributed by atoms with van der Waals surface area (Å²) in [6, 6.07) is 0.382. The molecule has 4 unspecified atom stereocenters. The Labute approximate surface area is 145 Å². The van der Waals surface area contributed by atoms with E-state index in [0.717, 1.165) is 38.2 Å². The van der Waals surface area contributed by atoms with Gasteiger partial charge in [-0.1, -0.05) is 20.3 Å². The highest BCUT2D eigenvalue weighted by atomic mass is 127. The van der Waals surface area contributed by atoms with Gasteiger partial charge >= 0.3 is 0 Å². The number of methoxy groups -OCH3 is 1. The first kappa shape index (κ1) is 19.0. The lowest BCUT2D eigenvalue weighted by atomic mass is 9.64. The van der Waals surface area contributed by atoms with Gasteiger partial charge in [-0.15, -0.1) is 24.0 Å². The van der Waals surface area contributed by atoms with Gasteiger partial charge in [0.15, 0.2) is 5.96 Å². The topological polar surface area (TPSA) is 65.9 Å². The summed E-state index contributed by atoms with van der Waals surface area (Å²) in [7, 11) is 3.57. The van der Waals surface area contributed by atoms with Crippen LogP contribution in [0.2, 0.25) is 0 Å². The number of nitrogens with one attached hydrogen (secondary N) is 2. The Morgan fingerprint density at radius 2 is 2.10 bits per heavy atom. The van der Waals surface area contributed by atoms with Crippen LogP contribution in [-0.2, 0) is 4.74 Å². The third-order valence-corrected chi connectivity index (χ3v) is 5.15. The van der Waals surface area contributed by atoms with Crippen LogP contribution in [-0.4, -0.2) is 50.0 Å². The second-order valence-electron chi connectivity index (χ2n) is 6.69. The molecule has 124 valence electrons. The zero-order chi connectivity index (χ0) is 14.8. The number of rotatable bonds is 4. The molecule has 0 radical (unpaired) electrons. The number of aliphatic hydroxyl groups excluding tert-OH is 1. The lowest BCUT2D eigenvalue weighted by Crippen LogP contribution is -2.63. The van der Waals surface area contributed by atoms with Gasteiger partial charge in [-0.25, -0.2) is 0 Å². The normalized spacial score (nSPS) is 34.8. The van der Waals surface area contributed by atoms with Crippen LogP contribution in [0.1, 0.15) is 39.5 Å². The van der Waals surface area contributed by atoms with Crippen LogP contribution in [0.5, 0.6) is 0 Å². The summed E-state index contributed by atoms with van der Waals surface area (Å²) in [5.74, 6) is 1.19. The molecular weight excluding hydrogens is 381 g/mol. The Kier molecular flexibility index (Phi) is 7.19. The minimum absolute atomic E-state index is 0. The van der Waals surface area contributed by atoms with Gasteiger partial charge in [-0.3, -0.25) is 4.99 Å². The molecule has 2 fully saturated rings. The molecule has 5 nitrogen and oxygen atoms in total. The van der Waals surface area contributed by atoms with Crippen molar-refractivity contribution in [2.45, 2.75) is 57.8 Å². The highest BCUT2D eigenvalue weighted by Gasteiger charge is 2.48. The number of aliphatic imine (C=N–C) groups is 1. The van der Waals surface area contributed by atoms with Crippen molar-refractivity contribution in [2.75, 3.05) is 20.7 Å². The van der Waals surface area contributed by atoms with E-state index in [1.807, 2.05) is 0 Å². The summed E-state index contributed by atoms with van der Waals surface area (Å²) >= 11 is 0. The zero-order valence-electron chi connectivity index (χ0n) is 13.6. The van der Waals surface area contributed by atoms with Gasteiger partial charge in [-0.05, 0) is 19.3 Å². The van der Waals surface area contributed by atoms with Gasteiger partial charge in [0.05, 0.1) is 12.2 Å². The molecule has 0 aromatic heterocycles. The third-order valence-electron chi connectivity index (χ3n) is 5.15. The van der Waals surface area contributed by atoms with Crippen LogP contribution in [0, 0.1) is 11.3 Å². The summed E-state index contributed by atoms with van der Waals surface area (Å²) < 4.78 is 5.47. The monoisotopic (exact) mass is 411 g/mol. The fourth-order valence-corrected chi connectivity index (χ4v) is 3.37. The number of guanidine groups is 1. The first-order chi connectivity index (χ1) is 9.48. The smallest absolute Gasteiger partial charge is 0.191 e. The van der Waals surface area contributed by atoms with Gasteiger partial charge < -0.3 is 20.5 Å². The molecule has 0 saturated heterocycles. The lowest BCUT2D eigenvalue weighted by molar-refractivity contribution is -0.0922. The van der Waals surface area contributed by atoms with Crippen LogP contribution < -0.4 is 10.6 Å². The minimum atomic E-state index is -0.154. The highest BCUT2D eigenvalue weighted by Crippen LogP contribution is 2.42. The molecule has 2 saturated carbocycles. The fraction of sp³-hybridized carbons (Fsp3) is 0.933. The quantitative estimate of drug-likeness (QED) is 0.375. The molecule has 21 heavy (non-hydrogen) atoms. The summed E-state index contributed by atoms with van der Waals surface area (Å²) in [6.45, 7) is 5.23. The van der Waals surface area contributed by atoms with Crippen molar-refractivity contribution in [1.29, 1.82) is 0 Å². The van der Waals surface area contributed by atoms with Gasteiger partial charge in [0.25, 0.3) is 0 Å². The van der Waals surface area contributed by atoms with Crippen LogP contribution in [0.3, 0.4) is 0 Å². The van der Waals surface area contributed by atoms with E-state index in [9.17, 15) is 5.11 Å². The van der Waals surface area contributed by atoms with E-state index < -0.39 is 0 Å². The van der Waals surface area contributed by atoms with E-state index in [-0.39, 0.29) is 35.5 Å². The van der Waals surface area contributed by atoms with Gasteiger partial charge in [-0.2, -0.15) is 0 Å². The van der Waals surface area contributed by atoms with Gasteiger partial charge in [0, 0.05) is 38.1 Å². The molecule has 0 aliphatic heterocycles. The highest BCUT2D eigenvalue weighted by molar-refractivity contribution is 14.0. The zero-order valence-corrected chi connectivity index (χ0v) is 15.9. The summed E-state index contributed by atoms with van der Waals surface area (Å²) in [5.41, 5.74) is 0.124. The predicted molar refractivity (Wildman–Crippen MR) is 96.2 cm³/mol. The van der Waals surface area contributed by atoms with Crippen molar-refractivity contribution >= 4 is 29.9 Å². The van der Waals surface area contributed by atoms with E-state index >= 15 is 0 Å². The molecule has 2 aliphatic carbocycles. The van der Waals surface area contributed by atoms with Crippen LogP contribution in [0.25, 0.3) is 0 Å². The third kappa shape index (κ3) is 4.22. The maximum Gasteiger partial charge on any atom is 0.191 e. The first-order valence-corrected chi connectivity index (χ1v) is 7.67. The minimum Gasteiger partial charge on any atom is -0.393 e. The number of nitrogens with zero attached hydrogens (tertiary/aromatic N) is 1. The van der Waals surface area contributed by atoms with E-state index in [2.05, 4.69) is 29.5 Å². The molecule has 0 aromatic rings. The molecule has 0 heterocycles. The molecule has 2 rings (SSSR count). The average molecular weight is 411 g/mol. The first-order valence-electron chi connectivity index (χ1n) is 7.67. The number of aliphatic hydroxyl groups is 1. The van der Waals surface area contributed by atoms with E-state index in [4.69, 9.17) is 4.74 Å². The molecule has 2 aliphatic rings. The van der Waals surface area contributed by atoms with Gasteiger partial charge in [0.2, 0.25) is 0 Å². The van der Waals surface area contributed by atoms with Crippen molar-refractivity contribution in [3.8, 4) is 0 Å². The molecule has 3 N–H and O–H groups in total. The van der Waals surface area contributed by atoms with Crippen molar-refractivity contribution in [2.24, 2.45) is 16.3 Å². The van der Waals surface area contributed by atoms with Crippen molar-refractivity contribution in [3.05, 3.63) is 0 Å². The van der Waals surface area contributed by atoms with Crippen molar-refractivity contribution < 1.29 is 9.84 Å². The Balaban J connectivity index is 0.00000220. The Bertz CT molecular complexity index is 363. The van der Waals surface area contributed by atoms with Crippen molar-refractivity contribution in [1.82, 2.24) is 10.6 Å². The maximum atomic E-state index is 9.85. The fourth-order valence-electron chi connectivity index (χ4n) is 3.37. The van der Waals surface area contributed by atoms with Crippen LogP contribution in [0.15, 0.2) is 4.99 Å². The number of halogens is 1. The average Bonchev–Trinajstić information content (AvgIpc) is 2.83. The van der Waals surface area contributed by atoms with Gasteiger partial charge in [0.1, 0.15) is 0 Å². The Morgan fingerprint density at radius 1 is 1.38 bits per heavy atom.